The highest BCUT2D eigenvalue weighted by atomic mass is 19.1. The number of rotatable bonds is 29. The molecule has 13 nitrogen and oxygen atoms in total. The second-order valence-electron chi connectivity index (χ2n) is 9.70. The number of aliphatic imine (C=N–C) groups is 2. The molecule has 0 aliphatic carbocycles. The van der Waals surface area contributed by atoms with Crippen molar-refractivity contribution in [3.05, 3.63) is 0 Å². The molecule has 2 atom stereocenters. The molecule has 0 fully saturated rings. The van der Waals surface area contributed by atoms with E-state index < -0.39 is 24.1 Å². The molecule has 0 heterocycles. The van der Waals surface area contributed by atoms with Crippen molar-refractivity contribution < 1.29 is 42.8 Å². The zero-order chi connectivity index (χ0) is 31.4. The van der Waals surface area contributed by atoms with Gasteiger partial charge in [0.05, 0.1) is 58.8 Å². The van der Waals surface area contributed by atoms with Gasteiger partial charge in [-0.1, -0.05) is 6.92 Å². The third kappa shape index (κ3) is 25.4. The van der Waals surface area contributed by atoms with Crippen molar-refractivity contribution in [3.8, 4) is 0 Å². The lowest BCUT2D eigenvalue weighted by molar-refractivity contribution is -0.138. The van der Waals surface area contributed by atoms with E-state index in [1.807, 2.05) is 20.8 Å². The number of nitrogens with one attached hydrogen (secondary N) is 2. The molecule has 0 spiro atoms. The molecule has 0 radical (unpaired) electrons. The maximum atomic E-state index is 13.0. The van der Waals surface area contributed by atoms with Crippen molar-refractivity contribution in [1.29, 1.82) is 0 Å². The van der Waals surface area contributed by atoms with Crippen molar-refractivity contribution in [1.82, 2.24) is 10.6 Å². The Morgan fingerprint density at radius 2 is 1.48 bits per heavy atom. The Bertz CT molecular complexity index is 800. The number of ether oxygens (including phenoxy) is 4. The van der Waals surface area contributed by atoms with E-state index >= 15 is 0 Å². The van der Waals surface area contributed by atoms with Crippen molar-refractivity contribution in [2.24, 2.45) is 15.7 Å². The number of nitrogens with two attached hydrogens (primary N) is 1. The van der Waals surface area contributed by atoms with Crippen LogP contribution in [0.25, 0.3) is 0 Å². The monoisotopic (exact) mass is 605 g/mol. The third-order valence-corrected chi connectivity index (χ3v) is 5.81. The van der Waals surface area contributed by atoms with Crippen molar-refractivity contribution in [2.75, 3.05) is 79.0 Å². The fourth-order valence-corrected chi connectivity index (χ4v) is 3.40. The van der Waals surface area contributed by atoms with Crippen LogP contribution in [0.4, 0.5) is 4.39 Å². The first-order chi connectivity index (χ1) is 20.2. The number of unbranched alkanes of at least 4 members (excludes halogenated alkanes) is 1. The first-order valence-electron chi connectivity index (χ1n) is 14.7. The first-order valence-corrected chi connectivity index (χ1v) is 14.7. The lowest BCUT2D eigenvalue weighted by atomic mass is 10.1. The van der Waals surface area contributed by atoms with Crippen molar-refractivity contribution in [3.63, 3.8) is 0 Å². The largest absolute Gasteiger partial charge is 0.480 e. The minimum Gasteiger partial charge on any atom is -0.480 e. The number of carboxylic acid groups (broad SMARTS) is 1. The highest BCUT2D eigenvalue weighted by molar-refractivity contribution is 5.83. The molecular weight excluding hydrogens is 553 g/mol. The van der Waals surface area contributed by atoms with Gasteiger partial charge in [-0.05, 0) is 58.9 Å². The summed E-state index contributed by atoms with van der Waals surface area (Å²) < 4.78 is 34.6. The Morgan fingerprint density at radius 1 is 0.833 bits per heavy atom. The SMILES string of the molecule is CCCNC(CCCCN=C(C)COCCOCCNC(=O)COCCOCCN=C(C)CCC(N)C(=O)O)C(=O)F. The molecule has 0 bridgehead atoms. The van der Waals surface area contributed by atoms with Crippen LogP contribution in [0.2, 0.25) is 0 Å². The summed E-state index contributed by atoms with van der Waals surface area (Å²) in [5.41, 5.74) is 7.14. The van der Waals surface area contributed by atoms with Gasteiger partial charge in [-0.2, -0.15) is 4.39 Å². The molecule has 0 aromatic rings. The van der Waals surface area contributed by atoms with Crippen LogP contribution in [-0.2, 0) is 33.3 Å². The van der Waals surface area contributed by atoms with Gasteiger partial charge in [0.15, 0.2) is 0 Å². The molecule has 0 aromatic carbocycles. The summed E-state index contributed by atoms with van der Waals surface area (Å²) in [7, 11) is 0. The van der Waals surface area contributed by atoms with E-state index in [9.17, 15) is 18.8 Å². The van der Waals surface area contributed by atoms with Gasteiger partial charge >= 0.3 is 12.0 Å². The standard InChI is InChI=1S/C28H52FN5O8/c1-4-10-33-25(27(29)36)7-5-6-11-31-23(3)20-41-18-16-40-15-13-34-26(35)21-42-19-17-39-14-12-32-22(2)8-9-24(30)28(37)38/h24-25,33H,4-21,30H2,1-3H3,(H,34,35)(H,37,38). The Hall–Kier alpha value is -2.36. The summed E-state index contributed by atoms with van der Waals surface area (Å²) in [4.78, 5) is 42.2. The molecule has 0 saturated heterocycles. The van der Waals surface area contributed by atoms with Gasteiger partial charge in [0.1, 0.15) is 12.6 Å². The Morgan fingerprint density at radius 3 is 2.14 bits per heavy atom. The lowest BCUT2D eigenvalue weighted by Crippen LogP contribution is -2.35. The summed E-state index contributed by atoms with van der Waals surface area (Å²) >= 11 is 0. The van der Waals surface area contributed by atoms with Crippen LogP contribution in [0.15, 0.2) is 9.98 Å². The summed E-state index contributed by atoms with van der Waals surface area (Å²) in [5.74, 6) is -1.26. The third-order valence-electron chi connectivity index (χ3n) is 5.81. The average molecular weight is 606 g/mol. The number of nitrogens with zero attached hydrogens (tertiary/aromatic N) is 2. The highest BCUT2D eigenvalue weighted by Crippen LogP contribution is 2.04. The van der Waals surface area contributed by atoms with Crippen molar-refractivity contribution >= 4 is 29.3 Å². The number of carbonyl (C=O) groups is 3. The molecule has 0 aliphatic rings. The fourth-order valence-electron chi connectivity index (χ4n) is 3.40. The summed E-state index contributed by atoms with van der Waals surface area (Å²) in [5, 5.41) is 14.4. The number of carboxylic acids is 1. The van der Waals surface area contributed by atoms with Gasteiger partial charge in [0.2, 0.25) is 5.91 Å². The molecule has 0 rings (SSSR count). The van der Waals surface area contributed by atoms with Crippen LogP contribution in [0.1, 0.15) is 59.3 Å². The molecular formula is C28H52FN5O8. The van der Waals surface area contributed by atoms with E-state index in [0.717, 1.165) is 24.3 Å². The van der Waals surface area contributed by atoms with E-state index in [1.54, 1.807) is 0 Å². The molecule has 42 heavy (non-hydrogen) atoms. The van der Waals surface area contributed by atoms with E-state index in [0.29, 0.717) is 91.5 Å². The number of aliphatic carboxylic acids is 1. The predicted octanol–water partition coefficient (Wildman–Crippen LogP) is 1.32. The van der Waals surface area contributed by atoms with Gasteiger partial charge in [0, 0.05) is 24.5 Å². The Labute approximate surface area is 249 Å². The molecule has 0 saturated carbocycles. The van der Waals surface area contributed by atoms with Gasteiger partial charge in [-0.3, -0.25) is 24.4 Å². The summed E-state index contributed by atoms with van der Waals surface area (Å²) in [6.07, 6.45) is 3.67. The molecule has 244 valence electrons. The molecule has 2 unspecified atom stereocenters. The first kappa shape index (κ1) is 39.6. The molecule has 0 aliphatic heterocycles. The summed E-state index contributed by atoms with van der Waals surface area (Å²) in [6.45, 7) is 10.2. The number of amides is 1. The Kier molecular flexibility index (Phi) is 25.9. The van der Waals surface area contributed by atoms with E-state index in [-0.39, 0.29) is 19.1 Å². The maximum Gasteiger partial charge on any atom is 0.320 e. The smallest absolute Gasteiger partial charge is 0.320 e. The zero-order valence-corrected chi connectivity index (χ0v) is 25.5. The topological polar surface area (TPSA) is 183 Å². The second-order valence-corrected chi connectivity index (χ2v) is 9.70. The van der Waals surface area contributed by atoms with Gasteiger partial charge < -0.3 is 40.4 Å². The molecule has 0 aromatic heterocycles. The van der Waals surface area contributed by atoms with Crippen LogP contribution in [-0.4, -0.2) is 126 Å². The van der Waals surface area contributed by atoms with Crippen molar-refractivity contribution in [2.45, 2.75) is 71.4 Å². The van der Waals surface area contributed by atoms with Crippen LogP contribution in [0, 0.1) is 0 Å². The molecule has 14 heteroatoms. The number of hydrogen-bond donors (Lipinski definition) is 4. The number of carbonyl (C=O) groups excluding carboxylic acids is 2. The van der Waals surface area contributed by atoms with E-state index in [1.165, 1.54) is 0 Å². The molecule has 5 N–H and O–H groups in total. The maximum absolute atomic E-state index is 13.0. The van der Waals surface area contributed by atoms with E-state index in [4.69, 9.17) is 29.8 Å². The average Bonchev–Trinajstić information content (AvgIpc) is 2.95. The lowest BCUT2D eigenvalue weighted by Gasteiger charge is -2.12. The fraction of sp³-hybridized carbons (Fsp3) is 0.821. The zero-order valence-electron chi connectivity index (χ0n) is 25.5. The number of halogens is 1. The molecule has 1 amide bonds. The quantitative estimate of drug-likeness (QED) is 0.0551. The van der Waals surface area contributed by atoms with Crippen LogP contribution in [0.5, 0.6) is 0 Å². The van der Waals surface area contributed by atoms with Crippen LogP contribution < -0.4 is 16.4 Å². The highest BCUT2D eigenvalue weighted by Gasteiger charge is 2.16. The van der Waals surface area contributed by atoms with Crippen LogP contribution in [0.3, 0.4) is 0 Å². The van der Waals surface area contributed by atoms with Gasteiger partial charge in [-0.25, -0.2) is 0 Å². The number of hydrogen-bond acceptors (Lipinski definition) is 11. The van der Waals surface area contributed by atoms with E-state index in [2.05, 4.69) is 20.6 Å². The predicted molar refractivity (Wildman–Crippen MR) is 159 cm³/mol. The minimum absolute atomic E-state index is 0.0729. The minimum atomic E-state index is -1.31. The van der Waals surface area contributed by atoms with Gasteiger partial charge in [-0.15, -0.1) is 0 Å². The van der Waals surface area contributed by atoms with Gasteiger partial charge in [0.25, 0.3) is 0 Å². The Balaban J connectivity index is 3.58. The summed E-state index contributed by atoms with van der Waals surface area (Å²) in [6, 6.07) is -2.90. The second kappa shape index (κ2) is 27.5. The van der Waals surface area contributed by atoms with Crippen LogP contribution >= 0.6 is 0 Å². The normalized spacial score (nSPS) is 13.6.